The van der Waals surface area contributed by atoms with Crippen LogP contribution in [0.5, 0.6) is 0 Å². The highest BCUT2D eigenvalue weighted by Crippen LogP contribution is 2.25. The van der Waals surface area contributed by atoms with Crippen molar-refractivity contribution < 1.29 is 0 Å². The Hall–Kier alpha value is -1.38. The van der Waals surface area contributed by atoms with E-state index in [0.29, 0.717) is 0 Å². The first kappa shape index (κ1) is 7.28. The van der Waals surface area contributed by atoms with Gasteiger partial charge in [0.2, 0.25) is 0 Å². The first-order valence-corrected chi connectivity index (χ1v) is 4.10. The molecule has 12 heavy (non-hydrogen) atoms. The van der Waals surface area contributed by atoms with Crippen molar-refractivity contribution in [2.45, 2.75) is 19.3 Å². The smallest absolute Gasteiger partial charge is 0.264 e. The van der Waals surface area contributed by atoms with Gasteiger partial charge in [-0.3, -0.25) is 4.79 Å². The highest BCUT2D eigenvalue weighted by molar-refractivity contribution is 5.65. The molecule has 0 spiro atoms. The van der Waals surface area contributed by atoms with E-state index in [1.807, 2.05) is 0 Å². The summed E-state index contributed by atoms with van der Waals surface area (Å²) in [6.07, 6.45) is 7.28. The predicted molar refractivity (Wildman–Crippen MR) is 46.7 cm³/mol. The fraction of sp³-hybridized carbons (Fsp3) is 0.333. The van der Waals surface area contributed by atoms with Gasteiger partial charge in [0.1, 0.15) is 0 Å². The average Bonchev–Trinajstić information content (AvgIpc) is 2.56. The van der Waals surface area contributed by atoms with Gasteiger partial charge < -0.3 is 0 Å². The fourth-order valence-corrected chi connectivity index (χ4v) is 1.48. The van der Waals surface area contributed by atoms with Crippen LogP contribution in [0.2, 0.25) is 0 Å². The summed E-state index contributed by atoms with van der Waals surface area (Å²) < 4.78 is 0. The van der Waals surface area contributed by atoms with Gasteiger partial charge in [-0.2, -0.15) is 5.10 Å². The van der Waals surface area contributed by atoms with Crippen LogP contribution < -0.4 is 5.56 Å². The molecule has 1 N–H and O–H groups in total. The second kappa shape index (κ2) is 2.93. The van der Waals surface area contributed by atoms with Crippen molar-refractivity contribution in [3.05, 3.63) is 34.3 Å². The molecule has 0 saturated heterocycles. The van der Waals surface area contributed by atoms with Gasteiger partial charge in [-0.1, -0.05) is 6.08 Å². The topological polar surface area (TPSA) is 45.8 Å². The summed E-state index contributed by atoms with van der Waals surface area (Å²) in [4.78, 5) is 10.9. The van der Waals surface area contributed by atoms with Crippen molar-refractivity contribution in [2.75, 3.05) is 0 Å². The molecule has 62 valence electrons. The Kier molecular flexibility index (Phi) is 1.78. The van der Waals surface area contributed by atoms with E-state index in [4.69, 9.17) is 0 Å². The lowest BCUT2D eigenvalue weighted by Gasteiger charge is -1.98. The van der Waals surface area contributed by atoms with Gasteiger partial charge in [-0.25, -0.2) is 5.10 Å². The zero-order valence-corrected chi connectivity index (χ0v) is 6.71. The van der Waals surface area contributed by atoms with Gasteiger partial charge in [-0.05, 0) is 24.8 Å². The first-order chi connectivity index (χ1) is 5.86. The van der Waals surface area contributed by atoms with Crippen molar-refractivity contribution >= 4 is 5.57 Å². The second-order valence-corrected chi connectivity index (χ2v) is 2.96. The molecule has 1 aliphatic rings. The number of allylic oxidation sites excluding steroid dienone is 2. The molecule has 1 aromatic rings. The molecule has 3 heteroatoms. The molecule has 0 radical (unpaired) electrons. The number of hydrogen-bond acceptors (Lipinski definition) is 2. The Morgan fingerprint density at radius 2 is 2.42 bits per heavy atom. The lowest BCUT2D eigenvalue weighted by Crippen LogP contribution is -2.06. The van der Waals surface area contributed by atoms with Crippen LogP contribution in [0.4, 0.5) is 0 Å². The maximum atomic E-state index is 10.9. The SMILES string of the molecule is O=c1cc(C2=CCCC2)cn[nH]1. The zero-order chi connectivity index (χ0) is 8.39. The normalized spacial score (nSPS) is 16.2. The van der Waals surface area contributed by atoms with E-state index in [9.17, 15) is 4.79 Å². The quantitative estimate of drug-likeness (QED) is 0.677. The largest absolute Gasteiger partial charge is 0.268 e. The Morgan fingerprint density at radius 1 is 1.50 bits per heavy atom. The summed E-state index contributed by atoms with van der Waals surface area (Å²) in [5, 5.41) is 6.11. The number of aromatic nitrogens is 2. The van der Waals surface area contributed by atoms with E-state index in [1.54, 1.807) is 12.3 Å². The number of nitrogens with zero attached hydrogens (tertiary/aromatic N) is 1. The number of rotatable bonds is 1. The van der Waals surface area contributed by atoms with E-state index < -0.39 is 0 Å². The van der Waals surface area contributed by atoms with Gasteiger partial charge in [0.15, 0.2) is 0 Å². The summed E-state index contributed by atoms with van der Waals surface area (Å²) in [6.45, 7) is 0. The Labute approximate surface area is 70.1 Å². The van der Waals surface area contributed by atoms with Crippen molar-refractivity contribution in [1.29, 1.82) is 0 Å². The molecule has 1 aromatic heterocycles. The fourth-order valence-electron chi connectivity index (χ4n) is 1.48. The van der Waals surface area contributed by atoms with E-state index in [1.165, 1.54) is 12.0 Å². The highest BCUT2D eigenvalue weighted by atomic mass is 16.1. The van der Waals surface area contributed by atoms with Gasteiger partial charge >= 0.3 is 0 Å². The molecule has 0 amide bonds. The highest BCUT2D eigenvalue weighted by Gasteiger charge is 2.06. The molecule has 1 aliphatic carbocycles. The molecule has 1 heterocycles. The third-order valence-corrected chi connectivity index (χ3v) is 2.08. The summed E-state index contributed by atoms with van der Waals surface area (Å²) in [5.74, 6) is 0. The third-order valence-electron chi connectivity index (χ3n) is 2.08. The third kappa shape index (κ3) is 1.30. The number of nitrogens with one attached hydrogen (secondary N) is 1. The van der Waals surface area contributed by atoms with Crippen molar-refractivity contribution in [1.82, 2.24) is 10.2 Å². The minimum absolute atomic E-state index is 0.125. The molecule has 0 fully saturated rings. The summed E-state index contributed by atoms with van der Waals surface area (Å²) in [6, 6.07) is 1.60. The summed E-state index contributed by atoms with van der Waals surface area (Å²) >= 11 is 0. The molecule has 0 saturated carbocycles. The van der Waals surface area contributed by atoms with E-state index in [0.717, 1.165) is 18.4 Å². The van der Waals surface area contributed by atoms with Gasteiger partial charge in [-0.15, -0.1) is 0 Å². The lowest BCUT2D eigenvalue weighted by molar-refractivity contribution is 0.930. The Morgan fingerprint density at radius 3 is 3.08 bits per heavy atom. The minimum Gasteiger partial charge on any atom is -0.268 e. The van der Waals surface area contributed by atoms with Crippen LogP contribution in [0.15, 0.2) is 23.1 Å². The summed E-state index contributed by atoms with van der Waals surface area (Å²) in [5.41, 5.74) is 2.10. The molecular weight excluding hydrogens is 152 g/mol. The van der Waals surface area contributed by atoms with Crippen molar-refractivity contribution in [3.8, 4) is 0 Å². The lowest BCUT2D eigenvalue weighted by atomic mass is 10.1. The molecule has 0 aromatic carbocycles. The van der Waals surface area contributed by atoms with Crippen LogP contribution in [-0.4, -0.2) is 10.2 Å². The number of H-pyrrole nitrogens is 1. The first-order valence-electron chi connectivity index (χ1n) is 4.10. The zero-order valence-electron chi connectivity index (χ0n) is 6.71. The van der Waals surface area contributed by atoms with Crippen LogP contribution in [0.3, 0.4) is 0 Å². The van der Waals surface area contributed by atoms with Gasteiger partial charge in [0.05, 0.1) is 6.20 Å². The Balaban J connectivity index is 2.39. The van der Waals surface area contributed by atoms with Crippen LogP contribution in [-0.2, 0) is 0 Å². The minimum atomic E-state index is -0.125. The molecule has 0 bridgehead atoms. The van der Waals surface area contributed by atoms with Crippen LogP contribution in [0, 0.1) is 0 Å². The standard InChI is InChI=1S/C9H10N2O/c12-9-5-8(6-10-11-9)7-3-1-2-4-7/h3,5-6H,1-2,4H2,(H,11,12). The number of aromatic amines is 1. The average molecular weight is 162 g/mol. The van der Waals surface area contributed by atoms with Crippen LogP contribution >= 0.6 is 0 Å². The monoisotopic (exact) mass is 162 g/mol. The van der Waals surface area contributed by atoms with Gasteiger partial charge in [0, 0.05) is 11.6 Å². The van der Waals surface area contributed by atoms with Gasteiger partial charge in [0.25, 0.3) is 5.56 Å². The molecule has 0 atom stereocenters. The summed E-state index contributed by atoms with van der Waals surface area (Å²) in [7, 11) is 0. The maximum Gasteiger partial charge on any atom is 0.264 e. The predicted octanol–water partition coefficient (Wildman–Crippen LogP) is 1.34. The molecule has 2 rings (SSSR count). The van der Waals surface area contributed by atoms with Crippen LogP contribution in [0.25, 0.3) is 5.57 Å². The van der Waals surface area contributed by atoms with Crippen molar-refractivity contribution in [3.63, 3.8) is 0 Å². The molecule has 0 unspecified atom stereocenters. The Bertz CT molecular complexity index is 365. The molecule has 3 nitrogen and oxygen atoms in total. The van der Waals surface area contributed by atoms with E-state index >= 15 is 0 Å². The van der Waals surface area contributed by atoms with Crippen molar-refractivity contribution in [2.24, 2.45) is 0 Å². The van der Waals surface area contributed by atoms with E-state index in [2.05, 4.69) is 16.3 Å². The molecule has 0 aliphatic heterocycles. The second-order valence-electron chi connectivity index (χ2n) is 2.96. The number of hydrogen-bond donors (Lipinski definition) is 1. The van der Waals surface area contributed by atoms with Crippen LogP contribution in [0.1, 0.15) is 24.8 Å². The van der Waals surface area contributed by atoms with E-state index in [-0.39, 0.29) is 5.56 Å². The maximum absolute atomic E-state index is 10.9. The molecular formula is C9H10N2O.